The van der Waals surface area contributed by atoms with Crippen LogP contribution in [-0.2, 0) is 6.54 Å². The summed E-state index contributed by atoms with van der Waals surface area (Å²) < 4.78 is 17.0. The van der Waals surface area contributed by atoms with Crippen LogP contribution in [-0.4, -0.2) is 19.1 Å². The highest BCUT2D eigenvalue weighted by molar-refractivity contribution is 6.04. The van der Waals surface area contributed by atoms with Crippen LogP contribution in [0.4, 0.5) is 4.39 Å². The van der Waals surface area contributed by atoms with Gasteiger partial charge in [0.15, 0.2) is 0 Å². The summed E-state index contributed by atoms with van der Waals surface area (Å²) in [5.74, 6) is -0.508. The van der Waals surface area contributed by atoms with Crippen molar-refractivity contribution in [2.24, 2.45) is 0 Å². The van der Waals surface area contributed by atoms with Gasteiger partial charge in [0.2, 0.25) is 0 Å². The van der Waals surface area contributed by atoms with Crippen LogP contribution in [0.3, 0.4) is 0 Å². The van der Waals surface area contributed by atoms with Crippen LogP contribution in [0.25, 0.3) is 27.4 Å². The normalized spacial score (nSPS) is 11.2. The van der Waals surface area contributed by atoms with E-state index in [2.05, 4.69) is 9.97 Å². The molecule has 6 nitrogen and oxygen atoms in total. The Balaban J connectivity index is 1.74. The summed E-state index contributed by atoms with van der Waals surface area (Å²) in [6.07, 6.45) is 7.97. The molecule has 0 spiro atoms. The molecule has 0 saturated carbocycles. The molecule has 0 aliphatic rings. The van der Waals surface area contributed by atoms with Gasteiger partial charge in [-0.25, -0.2) is 4.39 Å². The second-order valence-electron chi connectivity index (χ2n) is 6.90. The van der Waals surface area contributed by atoms with Crippen molar-refractivity contribution < 1.29 is 4.39 Å². The first-order chi connectivity index (χ1) is 14.6. The number of hydrogen-bond acceptors (Lipinski definition) is 4. The first kappa shape index (κ1) is 17.9. The largest absolute Gasteiger partial charge is 0.310 e. The van der Waals surface area contributed by atoms with E-state index in [9.17, 15) is 14.0 Å². The van der Waals surface area contributed by atoms with Crippen LogP contribution < -0.4 is 11.1 Å². The molecule has 5 rings (SSSR count). The lowest BCUT2D eigenvalue weighted by Gasteiger charge is -2.11. The third kappa shape index (κ3) is 2.88. The number of aromatic nitrogens is 4. The zero-order chi connectivity index (χ0) is 20.7. The lowest BCUT2D eigenvalue weighted by Crippen LogP contribution is -2.23. The minimum atomic E-state index is -0.508. The summed E-state index contributed by atoms with van der Waals surface area (Å²) in [5, 5.41) is 1.10. The average molecular weight is 398 g/mol. The molecule has 5 aromatic rings. The van der Waals surface area contributed by atoms with E-state index in [0.29, 0.717) is 22.8 Å². The van der Waals surface area contributed by atoms with Gasteiger partial charge in [-0.05, 0) is 35.9 Å². The van der Waals surface area contributed by atoms with Gasteiger partial charge in [0.05, 0.1) is 28.5 Å². The third-order valence-electron chi connectivity index (χ3n) is 5.06. The van der Waals surface area contributed by atoms with E-state index in [-0.39, 0.29) is 16.6 Å². The van der Waals surface area contributed by atoms with Crippen molar-refractivity contribution in [2.75, 3.05) is 0 Å². The molecular formula is C23H15FN4O2. The van der Waals surface area contributed by atoms with E-state index in [1.54, 1.807) is 47.4 Å². The summed E-state index contributed by atoms with van der Waals surface area (Å²) in [6, 6.07) is 13.1. The van der Waals surface area contributed by atoms with Gasteiger partial charge in [-0.15, -0.1) is 0 Å². The van der Waals surface area contributed by atoms with Gasteiger partial charge in [0, 0.05) is 36.4 Å². The summed E-state index contributed by atoms with van der Waals surface area (Å²) in [7, 11) is 0. The molecule has 30 heavy (non-hydrogen) atoms. The summed E-state index contributed by atoms with van der Waals surface area (Å²) in [4.78, 5) is 34.6. The number of fused-ring (bicyclic) bond motifs is 3. The predicted molar refractivity (Wildman–Crippen MR) is 112 cm³/mol. The summed E-state index contributed by atoms with van der Waals surface area (Å²) in [5.41, 5.74) is 0.838. The number of pyridine rings is 4. The lowest BCUT2D eigenvalue weighted by molar-refractivity contribution is 0.616. The van der Waals surface area contributed by atoms with Crippen LogP contribution in [0.2, 0.25) is 0 Å². The number of nitrogens with zero attached hydrogens (tertiary/aromatic N) is 4. The van der Waals surface area contributed by atoms with E-state index in [4.69, 9.17) is 0 Å². The van der Waals surface area contributed by atoms with E-state index in [1.807, 2.05) is 12.1 Å². The molecule has 0 radical (unpaired) electrons. The Hall–Kier alpha value is -4.13. The Bertz CT molecular complexity index is 1520. The summed E-state index contributed by atoms with van der Waals surface area (Å²) in [6.45, 7) is 0.352. The third-order valence-corrected chi connectivity index (χ3v) is 5.06. The van der Waals surface area contributed by atoms with Crippen LogP contribution in [0.5, 0.6) is 0 Å². The molecule has 0 N–H and O–H groups in total. The highest BCUT2D eigenvalue weighted by atomic mass is 19.1. The Morgan fingerprint density at radius 2 is 1.73 bits per heavy atom. The van der Waals surface area contributed by atoms with Crippen LogP contribution in [0.15, 0.2) is 89.1 Å². The highest BCUT2D eigenvalue weighted by Crippen LogP contribution is 2.20. The van der Waals surface area contributed by atoms with Gasteiger partial charge < -0.3 is 4.57 Å². The van der Waals surface area contributed by atoms with Crippen LogP contribution in [0, 0.1) is 5.82 Å². The Labute approximate surface area is 169 Å². The maximum Gasteiger partial charge on any atom is 0.264 e. The maximum atomic E-state index is 14.2. The van der Waals surface area contributed by atoms with Gasteiger partial charge in [0.1, 0.15) is 5.82 Å². The second kappa shape index (κ2) is 7.04. The molecule has 1 aromatic carbocycles. The minimum Gasteiger partial charge on any atom is -0.310 e. The Morgan fingerprint density at radius 3 is 2.53 bits per heavy atom. The highest BCUT2D eigenvalue weighted by Gasteiger charge is 2.14. The molecule has 0 amide bonds. The lowest BCUT2D eigenvalue weighted by atomic mass is 10.1. The number of halogens is 1. The van der Waals surface area contributed by atoms with E-state index >= 15 is 0 Å². The molecule has 0 bridgehead atoms. The van der Waals surface area contributed by atoms with Gasteiger partial charge in [-0.3, -0.25) is 24.1 Å². The van der Waals surface area contributed by atoms with Crippen molar-refractivity contribution >= 4 is 21.7 Å². The van der Waals surface area contributed by atoms with Crippen molar-refractivity contribution in [3.8, 4) is 5.69 Å². The van der Waals surface area contributed by atoms with Crippen molar-refractivity contribution in [3.63, 3.8) is 0 Å². The Kier molecular flexibility index (Phi) is 4.21. The Morgan fingerprint density at radius 1 is 0.867 bits per heavy atom. The first-order valence-corrected chi connectivity index (χ1v) is 9.31. The first-order valence-electron chi connectivity index (χ1n) is 9.31. The number of rotatable bonds is 3. The number of para-hydroxylation sites is 1. The van der Waals surface area contributed by atoms with E-state index < -0.39 is 11.4 Å². The van der Waals surface area contributed by atoms with Gasteiger partial charge in [-0.2, -0.15) is 0 Å². The van der Waals surface area contributed by atoms with Gasteiger partial charge >= 0.3 is 0 Å². The molecule has 7 heteroatoms. The van der Waals surface area contributed by atoms with Gasteiger partial charge in [-0.1, -0.05) is 18.2 Å². The van der Waals surface area contributed by atoms with Crippen LogP contribution in [0.1, 0.15) is 5.56 Å². The van der Waals surface area contributed by atoms with Crippen molar-refractivity contribution in [1.82, 2.24) is 19.1 Å². The topological polar surface area (TPSA) is 69.8 Å². The summed E-state index contributed by atoms with van der Waals surface area (Å²) >= 11 is 0. The standard InChI is InChI=1S/C23H15FN4O2/c24-18-5-1-2-6-20(18)28-11-7-16-17(22(28)29)13-26-19-8-10-27(23(30)21(16)19)14-15-4-3-9-25-12-15/h1-13H,14H2. The molecule has 0 unspecified atom stereocenters. The molecule has 0 aliphatic heterocycles. The molecule has 146 valence electrons. The molecule has 0 aliphatic carbocycles. The quantitative estimate of drug-likeness (QED) is 0.438. The van der Waals surface area contributed by atoms with Crippen molar-refractivity contribution in [3.05, 3.63) is 112 Å². The van der Waals surface area contributed by atoms with E-state index in [0.717, 1.165) is 5.56 Å². The maximum absolute atomic E-state index is 14.2. The van der Waals surface area contributed by atoms with Gasteiger partial charge in [0.25, 0.3) is 11.1 Å². The van der Waals surface area contributed by atoms with Crippen molar-refractivity contribution in [1.29, 1.82) is 0 Å². The van der Waals surface area contributed by atoms with Crippen LogP contribution >= 0.6 is 0 Å². The van der Waals surface area contributed by atoms with Crippen molar-refractivity contribution in [2.45, 2.75) is 6.54 Å². The number of hydrogen-bond donors (Lipinski definition) is 0. The average Bonchev–Trinajstić information content (AvgIpc) is 2.77. The minimum absolute atomic E-state index is 0.145. The predicted octanol–water partition coefficient (Wildman–Crippen LogP) is 3.28. The zero-order valence-corrected chi connectivity index (χ0v) is 15.7. The van der Waals surface area contributed by atoms with E-state index in [1.165, 1.54) is 29.1 Å². The zero-order valence-electron chi connectivity index (χ0n) is 15.7. The SMILES string of the molecule is O=c1c2c(ccn1Cc1cccnc1)ncc1c(=O)n(-c3ccccc3F)ccc12. The number of benzene rings is 1. The fraction of sp³-hybridized carbons (Fsp3) is 0.0435. The monoisotopic (exact) mass is 398 g/mol. The smallest absolute Gasteiger partial charge is 0.264 e. The fourth-order valence-electron chi connectivity index (χ4n) is 3.60. The molecule has 4 aromatic heterocycles. The molecular weight excluding hydrogens is 383 g/mol. The molecule has 4 heterocycles. The molecule has 0 saturated heterocycles. The molecule has 0 fully saturated rings. The fourth-order valence-corrected chi connectivity index (χ4v) is 3.60. The second-order valence-corrected chi connectivity index (χ2v) is 6.90. The molecule has 0 atom stereocenters.